The van der Waals surface area contributed by atoms with Gasteiger partial charge in [0.25, 0.3) is 0 Å². The summed E-state index contributed by atoms with van der Waals surface area (Å²) in [5.41, 5.74) is 0.0188. The molecule has 86 valence electrons. The van der Waals surface area contributed by atoms with Crippen LogP contribution in [0, 0.1) is 0 Å². The number of hydrogen-bond acceptors (Lipinski definition) is 3. The maximum absolute atomic E-state index is 5.69. The molecule has 0 saturated carbocycles. The van der Waals surface area contributed by atoms with Gasteiger partial charge in [-0.3, -0.25) is 0 Å². The van der Waals surface area contributed by atoms with Gasteiger partial charge in [0.15, 0.2) is 0 Å². The SMILES string of the molecule is CCC(C)(C)OCCCOCCNC. The van der Waals surface area contributed by atoms with Crippen LogP contribution >= 0.6 is 0 Å². The second kappa shape index (κ2) is 8.21. The van der Waals surface area contributed by atoms with Crippen molar-refractivity contribution in [3.05, 3.63) is 0 Å². The molecule has 0 aliphatic heterocycles. The lowest BCUT2D eigenvalue weighted by atomic mass is 10.1. The van der Waals surface area contributed by atoms with Gasteiger partial charge in [-0.1, -0.05) is 6.92 Å². The number of likely N-dealkylation sites (N-methyl/N-ethyl adjacent to an activating group) is 1. The summed E-state index contributed by atoms with van der Waals surface area (Å²) in [5, 5.41) is 3.04. The predicted octanol–water partition coefficient (Wildman–Crippen LogP) is 1.82. The van der Waals surface area contributed by atoms with E-state index < -0.39 is 0 Å². The average Bonchev–Trinajstić information content (AvgIpc) is 2.16. The van der Waals surface area contributed by atoms with Crippen molar-refractivity contribution in [1.82, 2.24) is 5.32 Å². The summed E-state index contributed by atoms with van der Waals surface area (Å²) in [7, 11) is 1.93. The predicted molar refractivity (Wildman–Crippen MR) is 59.7 cm³/mol. The van der Waals surface area contributed by atoms with Crippen molar-refractivity contribution >= 4 is 0 Å². The minimum atomic E-state index is 0.0188. The lowest BCUT2D eigenvalue weighted by Crippen LogP contribution is -2.24. The Morgan fingerprint density at radius 1 is 1.14 bits per heavy atom. The van der Waals surface area contributed by atoms with E-state index in [1.165, 1.54) is 0 Å². The molecule has 0 fully saturated rings. The van der Waals surface area contributed by atoms with E-state index in [4.69, 9.17) is 9.47 Å². The van der Waals surface area contributed by atoms with Gasteiger partial charge in [-0.15, -0.1) is 0 Å². The third-order valence-electron chi connectivity index (χ3n) is 2.27. The molecule has 3 nitrogen and oxygen atoms in total. The Bertz CT molecular complexity index is 126. The van der Waals surface area contributed by atoms with Crippen molar-refractivity contribution in [3.63, 3.8) is 0 Å². The molecule has 0 aliphatic rings. The van der Waals surface area contributed by atoms with Gasteiger partial charge in [-0.2, -0.15) is 0 Å². The lowest BCUT2D eigenvalue weighted by molar-refractivity contribution is -0.0289. The fourth-order valence-corrected chi connectivity index (χ4v) is 0.888. The highest BCUT2D eigenvalue weighted by Gasteiger charge is 2.14. The van der Waals surface area contributed by atoms with Gasteiger partial charge in [0.1, 0.15) is 0 Å². The molecule has 0 amide bonds. The first kappa shape index (κ1) is 13.9. The summed E-state index contributed by atoms with van der Waals surface area (Å²) in [6.45, 7) is 9.67. The van der Waals surface area contributed by atoms with Crippen molar-refractivity contribution in [2.45, 2.75) is 39.2 Å². The summed E-state index contributed by atoms with van der Waals surface area (Å²) >= 11 is 0. The molecule has 0 unspecified atom stereocenters. The van der Waals surface area contributed by atoms with Crippen LogP contribution in [0.5, 0.6) is 0 Å². The van der Waals surface area contributed by atoms with Crippen LogP contribution in [0.3, 0.4) is 0 Å². The van der Waals surface area contributed by atoms with Crippen LogP contribution in [0.4, 0.5) is 0 Å². The molecule has 0 spiro atoms. The topological polar surface area (TPSA) is 30.5 Å². The van der Waals surface area contributed by atoms with Crippen LogP contribution < -0.4 is 5.32 Å². The van der Waals surface area contributed by atoms with E-state index in [1.54, 1.807) is 0 Å². The third-order valence-corrected chi connectivity index (χ3v) is 2.27. The third kappa shape index (κ3) is 8.48. The Kier molecular flexibility index (Phi) is 8.14. The minimum Gasteiger partial charge on any atom is -0.380 e. The summed E-state index contributed by atoms with van der Waals surface area (Å²) in [6, 6.07) is 0. The van der Waals surface area contributed by atoms with E-state index >= 15 is 0 Å². The Morgan fingerprint density at radius 2 is 1.86 bits per heavy atom. The van der Waals surface area contributed by atoms with Crippen LogP contribution in [0.15, 0.2) is 0 Å². The first-order valence-corrected chi connectivity index (χ1v) is 5.48. The molecule has 0 radical (unpaired) electrons. The average molecular weight is 203 g/mol. The van der Waals surface area contributed by atoms with Crippen LogP contribution in [-0.2, 0) is 9.47 Å². The van der Waals surface area contributed by atoms with E-state index in [2.05, 4.69) is 26.1 Å². The number of hydrogen-bond donors (Lipinski definition) is 1. The zero-order valence-corrected chi connectivity index (χ0v) is 10.1. The molecule has 0 bridgehead atoms. The summed E-state index contributed by atoms with van der Waals surface area (Å²) in [4.78, 5) is 0. The zero-order valence-electron chi connectivity index (χ0n) is 10.1. The van der Waals surface area contributed by atoms with E-state index in [9.17, 15) is 0 Å². The molecule has 0 atom stereocenters. The molecule has 0 rings (SSSR count). The van der Waals surface area contributed by atoms with Gasteiger partial charge in [-0.05, 0) is 33.7 Å². The van der Waals surface area contributed by atoms with Gasteiger partial charge in [0, 0.05) is 19.8 Å². The largest absolute Gasteiger partial charge is 0.380 e. The molecular formula is C11H25NO2. The molecule has 3 heteroatoms. The molecule has 0 aromatic heterocycles. The summed E-state index contributed by atoms with van der Waals surface area (Å²) in [5.74, 6) is 0. The molecule has 1 N–H and O–H groups in total. The number of nitrogens with one attached hydrogen (secondary N) is 1. The van der Waals surface area contributed by atoms with Crippen molar-refractivity contribution in [2.75, 3.05) is 33.4 Å². The fourth-order valence-electron chi connectivity index (χ4n) is 0.888. The minimum absolute atomic E-state index is 0.0188. The lowest BCUT2D eigenvalue weighted by Gasteiger charge is -2.23. The molecule has 0 aliphatic carbocycles. The smallest absolute Gasteiger partial charge is 0.0623 e. The van der Waals surface area contributed by atoms with Crippen LogP contribution in [0.2, 0.25) is 0 Å². The standard InChI is InChI=1S/C11H25NO2/c1-5-11(2,3)14-9-6-8-13-10-7-12-4/h12H,5-10H2,1-4H3. The normalized spacial score (nSPS) is 12.0. The Hall–Kier alpha value is -0.120. The van der Waals surface area contributed by atoms with Crippen molar-refractivity contribution in [1.29, 1.82) is 0 Å². The second-order valence-corrected chi connectivity index (χ2v) is 4.03. The molecule has 0 saturated heterocycles. The van der Waals surface area contributed by atoms with Crippen LogP contribution in [0.25, 0.3) is 0 Å². The first-order valence-electron chi connectivity index (χ1n) is 5.48. The Morgan fingerprint density at radius 3 is 2.43 bits per heavy atom. The molecule has 0 heterocycles. The zero-order chi connectivity index (χ0) is 10.9. The van der Waals surface area contributed by atoms with Gasteiger partial charge in [0.2, 0.25) is 0 Å². The van der Waals surface area contributed by atoms with Gasteiger partial charge in [0.05, 0.1) is 12.2 Å². The van der Waals surface area contributed by atoms with E-state index in [1.807, 2.05) is 7.05 Å². The van der Waals surface area contributed by atoms with Gasteiger partial charge < -0.3 is 14.8 Å². The van der Waals surface area contributed by atoms with Gasteiger partial charge in [-0.25, -0.2) is 0 Å². The van der Waals surface area contributed by atoms with Crippen molar-refractivity contribution in [2.24, 2.45) is 0 Å². The summed E-state index contributed by atoms with van der Waals surface area (Å²) in [6.07, 6.45) is 2.03. The highest BCUT2D eigenvalue weighted by molar-refractivity contribution is 4.64. The second-order valence-electron chi connectivity index (χ2n) is 4.03. The highest BCUT2D eigenvalue weighted by Crippen LogP contribution is 2.13. The molecule has 0 aromatic rings. The molecular weight excluding hydrogens is 178 g/mol. The first-order chi connectivity index (χ1) is 6.62. The number of rotatable bonds is 9. The Balaban J connectivity index is 3.13. The number of ether oxygens (including phenoxy) is 2. The van der Waals surface area contributed by atoms with E-state index in [0.29, 0.717) is 0 Å². The fraction of sp³-hybridized carbons (Fsp3) is 1.00. The van der Waals surface area contributed by atoms with Crippen LogP contribution in [-0.4, -0.2) is 39.0 Å². The van der Waals surface area contributed by atoms with Gasteiger partial charge >= 0.3 is 0 Å². The summed E-state index contributed by atoms with van der Waals surface area (Å²) < 4.78 is 11.1. The van der Waals surface area contributed by atoms with Crippen molar-refractivity contribution in [3.8, 4) is 0 Å². The van der Waals surface area contributed by atoms with E-state index in [0.717, 1.165) is 39.2 Å². The Labute approximate surface area is 88.2 Å². The maximum atomic E-state index is 5.69. The molecule has 0 aromatic carbocycles. The van der Waals surface area contributed by atoms with Crippen molar-refractivity contribution < 1.29 is 9.47 Å². The molecule has 14 heavy (non-hydrogen) atoms. The quantitative estimate of drug-likeness (QED) is 0.580. The van der Waals surface area contributed by atoms with Crippen LogP contribution in [0.1, 0.15) is 33.6 Å². The highest BCUT2D eigenvalue weighted by atomic mass is 16.5. The monoisotopic (exact) mass is 203 g/mol. The maximum Gasteiger partial charge on any atom is 0.0623 e. The van der Waals surface area contributed by atoms with E-state index in [-0.39, 0.29) is 5.60 Å².